The Labute approximate surface area is 180 Å². The highest BCUT2D eigenvalue weighted by Gasteiger charge is 2.30. The van der Waals surface area contributed by atoms with Crippen LogP contribution in [0.25, 0.3) is 21.7 Å². The van der Waals surface area contributed by atoms with Crippen molar-refractivity contribution in [2.24, 2.45) is 5.92 Å². The van der Waals surface area contributed by atoms with Crippen molar-refractivity contribution >= 4 is 33.8 Å². The van der Waals surface area contributed by atoms with E-state index in [1.807, 2.05) is 26.0 Å². The van der Waals surface area contributed by atoms with Gasteiger partial charge >= 0.3 is 17.7 Å². The van der Waals surface area contributed by atoms with Crippen molar-refractivity contribution in [1.29, 1.82) is 0 Å². The fourth-order valence-electron chi connectivity index (χ4n) is 3.21. The fraction of sp³-hybridized carbons (Fsp3) is 0.375. The molecule has 0 spiro atoms. The van der Waals surface area contributed by atoms with Gasteiger partial charge in [-0.1, -0.05) is 38.5 Å². The predicted octanol–water partition coefficient (Wildman–Crippen LogP) is 4.79. The van der Waals surface area contributed by atoms with Crippen LogP contribution >= 0.6 is 0 Å². The second-order valence-corrected chi connectivity index (χ2v) is 8.52. The number of carbonyl (C=O) groups excluding carboxylic acids is 2. The number of ether oxygens (including phenoxy) is 2. The zero-order valence-electron chi connectivity index (χ0n) is 18.4. The number of nitrogens with one attached hydrogen (secondary N) is 1. The molecule has 7 heteroatoms. The number of esters is 1. The van der Waals surface area contributed by atoms with Crippen LogP contribution in [0.4, 0.5) is 4.79 Å². The zero-order valence-corrected chi connectivity index (χ0v) is 18.4. The van der Waals surface area contributed by atoms with E-state index in [1.165, 1.54) is 6.07 Å². The molecule has 0 saturated heterocycles. The number of alkyl carbamates (subject to hydrolysis) is 1. The Morgan fingerprint density at radius 3 is 2.39 bits per heavy atom. The summed E-state index contributed by atoms with van der Waals surface area (Å²) in [6.07, 6.45) is -0.0422. The number of amides is 1. The molecule has 0 aliphatic rings. The molecule has 0 aliphatic heterocycles. The van der Waals surface area contributed by atoms with Gasteiger partial charge in [-0.15, -0.1) is 0 Å². The molecule has 0 aliphatic carbocycles. The lowest BCUT2D eigenvalue weighted by atomic mass is 9.99. The lowest BCUT2D eigenvalue weighted by molar-refractivity contribution is -0.138. The Bertz CT molecular complexity index is 1170. The van der Waals surface area contributed by atoms with Crippen molar-refractivity contribution in [3.05, 3.63) is 52.9 Å². The van der Waals surface area contributed by atoms with Gasteiger partial charge in [0.2, 0.25) is 0 Å². The average Bonchev–Trinajstić information content (AvgIpc) is 2.70. The fourth-order valence-corrected chi connectivity index (χ4v) is 3.21. The first kappa shape index (κ1) is 22.3. The molecule has 164 valence electrons. The summed E-state index contributed by atoms with van der Waals surface area (Å²) in [5.41, 5.74) is -0.836. The first-order valence-electron chi connectivity index (χ1n) is 10.3. The summed E-state index contributed by atoms with van der Waals surface area (Å²) in [6.45, 7) is 8.99. The van der Waals surface area contributed by atoms with Gasteiger partial charge in [-0.25, -0.2) is 14.4 Å². The van der Waals surface area contributed by atoms with E-state index < -0.39 is 29.3 Å². The number of fused-ring (bicyclic) bond motifs is 3. The van der Waals surface area contributed by atoms with E-state index >= 15 is 0 Å². The molecule has 1 N–H and O–H groups in total. The monoisotopic (exact) mass is 425 g/mol. The van der Waals surface area contributed by atoms with Crippen molar-refractivity contribution in [3.8, 4) is 5.75 Å². The summed E-state index contributed by atoms with van der Waals surface area (Å²) in [5.74, 6) is -0.583. The highest BCUT2D eigenvalue weighted by atomic mass is 16.6. The summed E-state index contributed by atoms with van der Waals surface area (Å²) >= 11 is 0. The number of rotatable bonds is 5. The minimum absolute atomic E-state index is 0.178. The van der Waals surface area contributed by atoms with Crippen LogP contribution in [-0.2, 0) is 9.53 Å². The molecule has 1 heterocycles. The van der Waals surface area contributed by atoms with Crippen molar-refractivity contribution in [2.75, 3.05) is 0 Å². The van der Waals surface area contributed by atoms with Gasteiger partial charge in [0, 0.05) is 11.5 Å². The molecule has 31 heavy (non-hydrogen) atoms. The topological polar surface area (TPSA) is 94.8 Å². The van der Waals surface area contributed by atoms with Gasteiger partial charge < -0.3 is 19.2 Å². The van der Waals surface area contributed by atoms with Gasteiger partial charge in [-0.2, -0.15) is 0 Å². The summed E-state index contributed by atoms with van der Waals surface area (Å²) in [5, 5.41) is 4.59. The third kappa shape index (κ3) is 5.23. The highest BCUT2D eigenvalue weighted by molar-refractivity contribution is 6.04. The third-order valence-corrected chi connectivity index (χ3v) is 4.95. The molecule has 0 radical (unpaired) electrons. The number of hydrogen-bond donors (Lipinski definition) is 1. The first-order valence-corrected chi connectivity index (χ1v) is 10.3. The smallest absolute Gasteiger partial charge is 0.408 e. The zero-order chi connectivity index (χ0) is 22.8. The minimum Gasteiger partial charge on any atom is -0.444 e. The maximum Gasteiger partial charge on any atom is 0.408 e. The van der Waals surface area contributed by atoms with E-state index in [0.717, 1.165) is 10.8 Å². The van der Waals surface area contributed by atoms with E-state index in [1.54, 1.807) is 45.0 Å². The summed E-state index contributed by atoms with van der Waals surface area (Å²) in [6, 6.07) is 11.1. The average molecular weight is 425 g/mol. The van der Waals surface area contributed by atoms with Crippen LogP contribution in [0.15, 0.2) is 51.7 Å². The number of hydrogen-bond acceptors (Lipinski definition) is 6. The van der Waals surface area contributed by atoms with Crippen LogP contribution < -0.4 is 15.7 Å². The van der Waals surface area contributed by atoms with Crippen LogP contribution in [0.2, 0.25) is 0 Å². The van der Waals surface area contributed by atoms with Crippen molar-refractivity contribution < 1.29 is 23.5 Å². The Kier molecular flexibility index (Phi) is 6.34. The standard InChI is InChI=1S/C24H27NO6/c1-6-14(2)20(25-23(28)31-24(3,4)5)22(27)29-15-11-12-17-16-9-7-8-10-18(16)21(26)30-19(17)13-15/h7-14,20H,6H2,1-5H3,(H,25,28)/t14-,20+/m1/s1. The minimum atomic E-state index is -0.890. The maximum atomic E-state index is 12.8. The van der Waals surface area contributed by atoms with Gasteiger partial charge in [-0.3, -0.25) is 0 Å². The van der Waals surface area contributed by atoms with Crippen molar-refractivity contribution in [2.45, 2.75) is 52.7 Å². The van der Waals surface area contributed by atoms with E-state index in [2.05, 4.69) is 5.32 Å². The molecule has 1 aromatic heterocycles. The lowest BCUT2D eigenvalue weighted by Gasteiger charge is -2.25. The van der Waals surface area contributed by atoms with Crippen LogP contribution in [0.3, 0.4) is 0 Å². The molecule has 0 saturated carbocycles. The highest BCUT2D eigenvalue weighted by Crippen LogP contribution is 2.26. The molecule has 2 aromatic carbocycles. The van der Waals surface area contributed by atoms with Crippen LogP contribution in [-0.4, -0.2) is 23.7 Å². The molecule has 3 rings (SSSR count). The van der Waals surface area contributed by atoms with E-state index in [4.69, 9.17) is 13.9 Å². The first-order chi connectivity index (χ1) is 14.6. The van der Waals surface area contributed by atoms with Gasteiger partial charge in [0.25, 0.3) is 0 Å². The molecule has 7 nitrogen and oxygen atoms in total. The van der Waals surface area contributed by atoms with E-state index in [9.17, 15) is 14.4 Å². The Morgan fingerprint density at radius 2 is 1.74 bits per heavy atom. The van der Waals surface area contributed by atoms with Gasteiger partial charge in [0.05, 0.1) is 5.39 Å². The van der Waals surface area contributed by atoms with E-state index in [-0.39, 0.29) is 11.7 Å². The van der Waals surface area contributed by atoms with Crippen LogP contribution in [0, 0.1) is 5.92 Å². The second kappa shape index (κ2) is 8.79. The van der Waals surface area contributed by atoms with Crippen molar-refractivity contribution in [1.82, 2.24) is 5.32 Å². The SMILES string of the molecule is CC[C@@H](C)[C@H](NC(=O)OC(C)(C)C)C(=O)Oc1ccc2c(c1)oc(=O)c1ccccc12. The molecular formula is C24H27NO6. The van der Waals surface area contributed by atoms with Gasteiger partial charge in [-0.05, 0) is 50.3 Å². The van der Waals surface area contributed by atoms with Gasteiger partial charge in [0.1, 0.15) is 23.0 Å². The maximum absolute atomic E-state index is 12.8. The van der Waals surface area contributed by atoms with Gasteiger partial charge in [0.15, 0.2) is 0 Å². The third-order valence-electron chi connectivity index (χ3n) is 4.95. The Hall–Kier alpha value is -3.35. The quantitative estimate of drug-likeness (QED) is 0.273. The summed E-state index contributed by atoms with van der Waals surface area (Å²) in [4.78, 5) is 37.3. The largest absolute Gasteiger partial charge is 0.444 e. The summed E-state index contributed by atoms with van der Waals surface area (Å²) in [7, 11) is 0. The normalized spacial score (nSPS) is 13.6. The van der Waals surface area contributed by atoms with Crippen LogP contribution in [0.5, 0.6) is 5.75 Å². The summed E-state index contributed by atoms with van der Waals surface area (Å²) < 4.78 is 16.2. The predicted molar refractivity (Wildman–Crippen MR) is 118 cm³/mol. The van der Waals surface area contributed by atoms with Crippen molar-refractivity contribution in [3.63, 3.8) is 0 Å². The molecule has 3 aromatic rings. The van der Waals surface area contributed by atoms with Crippen LogP contribution in [0.1, 0.15) is 41.0 Å². The lowest BCUT2D eigenvalue weighted by Crippen LogP contribution is -2.48. The molecule has 2 atom stereocenters. The number of carbonyl (C=O) groups is 2. The Balaban J connectivity index is 1.86. The van der Waals surface area contributed by atoms with E-state index in [0.29, 0.717) is 17.4 Å². The molecule has 1 amide bonds. The molecule has 0 fully saturated rings. The Morgan fingerprint density at radius 1 is 1.06 bits per heavy atom. The molecule has 0 bridgehead atoms. The number of benzene rings is 2. The second-order valence-electron chi connectivity index (χ2n) is 8.52. The molecular weight excluding hydrogens is 398 g/mol. The molecule has 0 unspecified atom stereocenters.